The van der Waals surface area contributed by atoms with Gasteiger partial charge in [0.05, 0.1) is 0 Å². The number of unbranched alkanes of at least 4 members (excludes halogenated alkanes) is 4. The van der Waals surface area contributed by atoms with E-state index in [9.17, 15) is 0 Å². The van der Waals surface area contributed by atoms with Crippen LogP contribution in [0.4, 0.5) is 0 Å². The average Bonchev–Trinajstić information content (AvgIpc) is 2.27. The molecule has 96 valence electrons. The molecule has 0 aliphatic rings. The summed E-state index contributed by atoms with van der Waals surface area (Å²) in [4.78, 5) is 0. The molecule has 1 atom stereocenters. The van der Waals surface area contributed by atoms with Crippen LogP contribution in [0.5, 0.6) is 0 Å². The van der Waals surface area contributed by atoms with E-state index in [1.807, 2.05) is 6.08 Å². The van der Waals surface area contributed by atoms with E-state index < -0.39 is 0 Å². The molecule has 0 heterocycles. The van der Waals surface area contributed by atoms with Crippen LogP contribution >= 0.6 is 0 Å². The molecule has 0 amide bonds. The molecule has 0 aliphatic heterocycles. The summed E-state index contributed by atoms with van der Waals surface area (Å²) in [5, 5.41) is 3.53. The molecule has 1 heteroatoms. The number of hydrogen-bond donors (Lipinski definition) is 1. The zero-order valence-corrected chi connectivity index (χ0v) is 11.4. The van der Waals surface area contributed by atoms with Crippen LogP contribution in [0.1, 0.15) is 65.2 Å². The second-order valence-electron chi connectivity index (χ2n) is 4.94. The molecule has 0 aromatic heterocycles. The second kappa shape index (κ2) is 12.8. The highest BCUT2D eigenvalue weighted by molar-refractivity contribution is 4.70. The third-order valence-electron chi connectivity index (χ3n) is 3.08. The minimum absolute atomic E-state index is 0.821. The minimum atomic E-state index is 0.821. The van der Waals surface area contributed by atoms with Crippen molar-refractivity contribution >= 4 is 0 Å². The largest absolute Gasteiger partial charge is 0.317 e. The van der Waals surface area contributed by atoms with Gasteiger partial charge in [-0.25, -0.2) is 0 Å². The van der Waals surface area contributed by atoms with E-state index in [0.717, 1.165) is 5.92 Å². The highest BCUT2D eigenvalue weighted by Crippen LogP contribution is 2.11. The van der Waals surface area contributed by atoms with Crippen LogP contribution in [0.25, 0.3) is 0 Å². The van der Waals surface area contributed by atoms with E-state index in [1.54, 1.807) is 0 Å². The summed E-state index contributed by atoms with van der Waals surface area (Å²) in [5.74, 6) is 0.821. The maximum Gasteiger partial charge on any atom is -0.00489 e. The predicted octanol–water partition coefficient (Wildman–Crippen LogP) is 4.54. The lowest BCUT2D eigenvalue weighted by Gasteiger charge is -2.08. The molecule has 0 saturated carbocycles. The number of nitrogens with one attached hydrogen (secondary N) is 1. The van der Waals surface area contributed by atoms with Crippen molar-refractivity contribution in [2.75, 3.05) is 13.1 Å². The highest BCUT2D eigenvalue weighted by atomic mass is 14.8. The quantitative estimate of drug-likeness (QED) is 0.380. The van der Waals surface area contributed by atoms with Gasteiger partial charge < -0.3 is 5.32 Å². The zero-order valence-electron chi connectivity index (χ0n) is 11.4. The first-order chi connectivity index (χ1) is 7.81. The SMILES string of the molecule is C=CCC(C)CCCCNCCCCCC. The molecular weight excluding hydrogens is 194 g/mol. The van der Waals surface area contributed by atoms with Gasteiger partial charge in [-0.15, -0.1) is 6.58 Å². The van der Waals surface area contributed by atoms with E-state index in [0.29, 0.717) is 0 Å². The van der Waals surface area contributed by atoms with Gasteiger partial charge in [0.1, 0.15) is 0 Å². The van der Waals surface area contributed by atoms with Gasteiger partial charge in [-0.1, -0.05) is 52.0 Å². The standard InChI is InChI=1S/C15H31N/c1-4-6-7-9-13-16-14-10-8-12-15(3)11-5-2/h5,15-16H,2,4,6-14H2,1,3H3. The Morgan fingerprint density at radius 3 is 2.38 bits per heavy atom. The van der Waals surface area contributed by atoms with Gasteiger partial charge >= 0.3 is 0 Å². The normalized spacial score (nSPS) is 12.6. The average molecular weight is 225 g/mol. The molecule has 1 N–H and O–H groups in total. The lowest BCUT2D eigenvalue weighted by Crippen LogP contribution is -2.16. The molecule has 0 bridgehead atoms. The predicted molar refractivity (Wildman–Crippen MR) is 74.8 cm³/mol. The Labute approximate surface area is 103 Å². The summed E-state index contributed by atoms with van der Waals surface area (Å²) in [6, 6.07) is 0. The molecule has 0 radical (unpaired) electrons. The van der Waals surface area contributed by atoms with Crippen LogP contribution in [0.15, 0.2) is 12.7 Å². The van der Waals surface area contributed by atoms with Crippen molar-refractivity contribution < 1.29 is 0 Å². The third kappa shape index (κ3) is 11.8. The first-order valence-electron chi connectivity index (χ1n) is 7.12. The topological polar surface area (TPSA) is 12.0 Å². The Balaban J connectivity index is 3.00. The first kappa shape index (κ1) is 15.7. The number of hydrogen-bond acceptors (Lipinski definition) is 1. The first-order valence-corrected chi connectivity index (χ1v) is 7.12. The minimum Gasteiger partial charge on any atom is -0.317 e. The van der Waals surface area contributed by atoms with Crippen molar-refractivity contribution in [1.82, 2.24) is 5.32 Å². The smallest absolute Gasteiger partial charge is 0.00489 e. The number of rotatable bonds is 12. The fourth-order valence-corrected chi connectivity index (χ4v) is 1.95. The third-order valence-corrected chi connectivity index (χ3v) is 3.08. The summed E-state index contributed by atoms with van der Waals surface area (Å²) in [6.45, 7) is 10.8. The number of allylic oxidation sites excluding steroid dienone is 1. The molecule has 0 spiro atoms. The molecular formula is C15H31N. The van der Waals surface area contributed by atoms with Crippen LogP contribution in [0.2, 0.25) is 0 Å². The van der Waals surface area contributed by atoms with Crippen LogP contribution in [-0.2, 0) is 0 Å². The Bertz CT molecular complexity index is 142. The molecule has 0 fully saturated rings. The molecule has 0 saturated heterocycles. The van der Waals surface area contributed by atoms with Crippen molar-refractivity contribution in [1.29, 1.82) is 0 Å². The summed E-state index contributed by atoms with van der Waals surface area (Å²) in [6.07, 6.45) is 12.7. The Morgan fingerprint density at radius 1 is 1.06 bits per heavy atom. The van der Waals surface area contributed by atoms with E-state index in [1.165, 1.54) is 64.5 Å². The van der Waals surface area contributed by atoms with Crippen LogP contribution in [0.3, 0.4) is 0 Å². The fraction of sp³-hybridized carbons (Fsp3) is 0.867. The Hall–Kier alpha value is -0.300. The fourth-order valence-electron chi connectivity index (χ4n) is 1.95. The van der Waals surface area contributed by atoms with Gasteiger partial charge in [-0.2, -0.15) is 0 Å². The highest BCUT2D eigenvalue weighted by Gasteiger charge is 1.98. The van der Waals surface area contributed by atoms with Gasteiger partial charge in [0.25, 0.3) is 0 Å². The summed E-state index contributed by atoms with van der Waals surface area (Å²) >= 11 is 0. The monoisotopic (exact) mass is 225 g/mol. The van der Waals surface area contributed by atoms with Crippen molar-refractivity contribution in [3.05, 3.63) is 12.7 Å². The van der Waals surface area contributed by atoms with Gasteiger partial charge in [-0.3, -0.25) is 0 Å². The van der Waals surface area contributed by atoms with E-state index >= 15 is 0 Å². The summed E-state index contributed by atoms with van der Waals surface area (Å²) < 4.78 is 0. The van der Waals surface area contributed by atoms with Crippen LogP contribution < -0.4 is 5.32 Å². The summed E-state index contributed by atoms with van der Waals surface area (Å²) in [5.41, 5.74) is 0. The second-order valence-corrected chi connectivity index (χ2v) is 4.94. The van der Waals surface area contributed by atoms with Gasteiger partial charge in [0.2, 0.25) is 0 Å². The van der Waals surface area contributed by atoms with E-state index in [4.69, 9.17) is 0 Å². The summed E-state index contributed by atoms with van der Waals surface area (Å²) in [7, 11) is 0. The molecule has 1 unspecified atom stereocenters. The van der Waals surface area contributed by atoms with Gasteiger partial charge in [0.15, 0.2) is 0 Å². The van der Waals surface area contributed by atoms with E-state index in [-0.39, 0.29) is 0 Å². The van der Waals surface area contributed by atoms with Crippen molar-refractivity contribution in [3.63, 3.8) is 0 Å². The maximum absolute atomic E-state index is 3.78. The molecule has 0 aliphatic carbocycles. The van der Waals surface area contributed by atoms with Gasteiger partial charge in [0, 0.05) is 0 Å². The van der Waals surface area contributed by atoms with E-state index in [2.05, 4.69) is 25.7 Å². The molecule has 0 rings (SSSR count). The Kier molecular flexibility index (Phi) is 12.5. The molecule has 1 nitrogen and oxygen atoms in total. The van der Waals surface area contributed by atoms with Crippen LogP contribution in [-0.4, -0.2) is 13.1 Å². The molecule has 0 aromatic carbocycles. The maximum atomic E-state index is 3.78. The van der Waals surface area contributed by atoms with Crippen molar-refractivity contribution in [2.45, 2.75) is 65.2 Å². The molecule has 0 aromatic rings. The van der Waals surface area contributed by atoms with Crippen molar-refractivity contribution in [2.24, 2.45) is 5.92 Å². The zero-order chi connectivity index (χ0) is 12.1. The molecule has 16 heavy (non-hydrogen) atoms. The lowest BCUT2D eigenvalue weighted by molar-refractivity contribution is 0.489. The lowest BCUT2D eigenvalue weighted by atomic mass is 10.0. The van der Waals surface area contributed by atoms with Crippen LogP contribution in [0, 0.1) is 5.92 Å². The van der Waals surface area contributed by atoms with Gasteiger partial charge in [-0.05, 0) is 38.3 Å². The van der Waals surface area contributed by atoms with Crippen molar-refractivity contribution in [3.8, 4) is 0 Å². The Morgan fingerprint density at radius 2 is 1.75 bits per heavy atom.